The van der Waals surface area contributed by atoms with Crippen molar-refractivity contribution in [2.24, 2.45) is 0 Å². The molecular weight excluding hydrogens is 280 g/mol. The monoisotopic (exact) mass is 286 g/mol. The minimum Gasteiger partial charge on any atom is -0.333 e. The van der Waals surface area contributed by atoms with Crippen LogP contribution in [0.2, 0.25) is 0 Å². The van der Waals surface area contributed by atoms with Gasteiger partial charge in [0.1, 0.15) is 5.78 Å². The van der Waals surface area contributed by atoms with Crippen molar-refractivity contribution in [2.75, 3.05) is 0 Å². The molecule has 0 aliphatic carbocycles. The van der Waals surface area contributed by atoms with Gasteiger partial charge in [-0.15, -0.1) is 11.3 Å². The fourth-order valence-electron chi connectivity index (χ4n) is 1.08. The third-order valence-electron chi connectivity index (χ3n) is 1.66. The number of Topliss-reactive ketones (excluding diaryl/α,β-unsaturated/α-hetero) is 1. The number of carbonyl (C=O) groups excluding carboxylic acids is 1. The van der Waals surface area contributed by atoms with E-state index >= 15 is 0 Å². The second-order valence-corrected chi connectivity index (χ2v) is 5.46. The van der Waals surface area contributed by atoms with Crippen LogP contribution in [0.5, 0.6) is 0 Å². The zero-order valence-corrected chi connectivity index (χ0v) is 10.3. The lowest BCUT2D eigenvalue weighted by atomic mass is 10.3. The SMILES string of the molecule is CC(=O)Cc1noc(-c2ccc(Br)s2)n1. The number of hydrogen-bond donors (Lipinski definition) is 0. The van der Waals surface area contributed by atoms with Gasteiger partial charge < -0.3 is 4.52 Å². The summed E-state index contributed by atoms with van der Waals surface area (Å²) in [5, 5.41) is 3.73. The summed E-state index contributed by atoms with van der Waals surface area (Å²) >= 11 is 4.86. The van der Waals surface area contributed by atoms with Gasteiger partial charge in [-0.2, -0.15) is 4.98 Å². The molecule has 2 aromatic heterocycles. The molecule has 0 amide bonds. The Labute approximate surface area is 98.4 Å². The Morgan fingerprint density at radius 3 is 3.00 bits per heavy atom. The minimum absolute atomic E-state index is 0.0229. The van der Waals surface area contributed by atoms with Gasteiger partial charge in [0.15, 0.2) is 5.82 Å². The zero-order chi connectivity index (χ0) is 10.8. The molecule has 0 N–H and O–H groups in total. The van der Waals surface area contributed by atoms with E-state index in [-0.39, 0.29) is 12.2 Å². The Balaban J connectivity index is 2.23. The van der Waals surface area contributed by atoms with Crippen LogP contribution < -0.4 is 0 Å². The van der Waals surface area contributed by atoms with Crippen molar-refractivity contribution >= 4 is 33.0 Å². The van der Waals surface area contributed by atoms with E-state index in [0.717, 1.165) is 8.66 Å². The molecule has 0 saturated heterocycles. The van der Waals surface area contributed by atoms with Crippen molar-refractivity contribution in [3.63, 3.8) is 0 Å². The van der Waals surface area contributed by atoms with Crippen molar-refractivity contribution in [1.82, 2.24) is 10.1 Å². The van der Waals surface area contributed by atoms with Crippen molar-refractivity contribution in [3.8, 4) is 10.8 Å². The van der Waals surface area contributed by atoms with E-state index in [2.05, 4.69) is 26.1 Å². The maximum absolute atomic E-state index is 10.8. The van der Waals surface area contributed by atoms with E-state index in [1.807, 2.05) is 12.1 Å². The Bertz CT molecular complexity index is 492. The van der Waals surface area contributed by atoms with Gasteiger partial charge >= 0.3 is 0 Å². The molecule has 0 spiro atoms. The van der Waals surface area contributed by atoms with E-state index in [1.54, 1.807) is 0 Å². The number of hydrogen-bond acceptors (Lipinski definition) is 5. The number of thiophene rings is 1. The van der Waals surface area contributed by atoms with Crippen LogP contribution in [0.3, 0.4) is 0 Å². The molecule has 4 nitrogen and oxygen atoms in total. The Hall–Kier alpha value is -1.01. The molecule has 15 heavy (non-hydrogen) atoms. The normalized spacial score (nSPS) is 10.5. The molecule has 2 aromatic rings. The van der Waals surface area contributed by atoms with Gasteiger partial charge in [-0.1, -0.05) is 5.16 Å². The first-order valence-corrected chi connectivity index (χ1v) is 5.84. The molecule has 0 radical (unpaired) electrons. The molecule has 78 valence electrons. The summed E-state index contributed by atoms with van der Waals surface area (Å²) in [4.78, 5) is 15.9. The van der Waals surface area contributed by atoms with Gasteiger partial charge in [-0.05, 0) is 35.0 Å². The Kier molecular flexibility index (Phi) is 2.97. The summed E-state index contributed by atoms with van der Waals surface area (Å²) in [6.07, 6.45) is 0.218. The van der Waals surface area contributed by atoms with E-state index in [0.29, 0.717) is 11.7 Å². The second kappa shape index (κ2) is 4.24. The van der Waals surface area contributed by atoms with Crippen LogP contribution in [0.25, 0.3) is 10.8 Å². The second-order valence-electron chi connectivity index (χ2n) is 3.00. The van der Waals surface area contributed by atoms with Crippen molar-refractivity contribution in [1.29, 1.82) is 0 Å². The van der Waals surface area contributed by atoms with Crippen LogP contribution in [0.1, 0.15) is 12.7 Å². The van der Waals surface area contributed by atoms with Crippen molar-refractivity contribution in [3.05, 3.63) is 21.7 Å². The highest BCUT2D eigenvalue weighted by Gasteiger charge is 2.11. The van der Waals surface area contributed by atoms with E-state index < -0.39 is 0 Å². The van der Waals surface area contributed by atoms with Crippen LogP contribution in [0.15, 0.2) is 20.4 Å². The number of nitrogens with zero attached hydrogens (tertiary/aromatic N) is 2. The summed E-state index contributed by atoms with van der Waals surface area (Å²) in [5.41, 5.74) is 0. The summed E-state index contributed by atoms with van der Waals surface area (Å²) in [5.74, 6) is 0.915. The van der Waals surface area contributed by atoms with Crippen LogP contribution in [-0.4, -0.2) is 15.9 Å². The molecule has 0 aliphatic rings. The maximum atomic E-state index is 10.8. The Morgan fingerprint density at radius 1 is 1.60 bits per heavy atom. The predicted octanol–water partition coefficient (Wildman–Crippen LogP) is 2.69. The third-order valence-corrected chi connectivity index (χ3v) is 3.27. The summed E-state index contributed by atoms with van der Waals surface area (Å²) in [6, 6.07) is 3.80. The van der Waals surface area contributed by atoms with Crippen molar-refractivity contribution < 1.29 is 9.32 Å². The van der Waals surface area contributed by atoms with Gasteiger partial charge in [-0.3, -0.25) is 4.79 Å². The lowest BCUT2D eigenvalue weighted by molar-refractivity contribution is -0.116. The largest absolute Gasteiger partial charge is 0.333 e. The molecular formula is C9H7BrN2O2S. The topological polar surface area (TPSA) is 56.0 Å². The van der Waals surface area contributed by atoms with Gasteiger partial charge in [-0.25, -0.2) is 0 Å². The van der Waals surface area contributed by atoms with Crippen LogP contribution in [0, 0.1) is 0 Å². The minimum atomic E-state index is 0.0229. The molecule has 0 fully saturated rings. The fourth-order valence-corrected chi connectivity index (χ4v) is 2.39. The molecule has 2 heterocycles. The first kappa shape index (κ1) is 10.5. The molecule has 6 heteroatoms. The Morgan fingerprint density at radius 2 is 2.40 bits per heavy atom. The number of rotatable bonds is 3. The molecule has 0 aromatic carbocycles. The van der Waals surface area contributed by atoms with Gasteiger partial charge in [0, 0.05) is 0 Å². The average Bonchev–Trinajstić information content (AvgIpc) is 2.72. The number of carbonyl (C=O) groups is 1. The highest BCUT2D eigenvalue weighted by atomic mass is 79.9. The van der Waals surface area contributed by atoms with Crippen LogP contribution in [0.4, 0.5) is 0 Å². The summed E-state index contributed by atoms with van der Waals surface area (Å²) < 4.78 is 6.04. The standard InChI is InChI=1S/C9H7BrN2O2S/c1-5(13)4-8-11-9(14-12-8)6-2-3-7(10)15-6/h2-3H,4H2,1H3. The fraction of sp³-hybridized carbons (Fsp3) is 0.222. The van der Waals surface area contributed by atoms with E-state index in [1.165, 1.54) is 18.3 Å². The van der Waals surface area contributed by atoms with E-state index in [4.69, 9.17) is 4.52 Å². The molecule has 0 atom stereocenters. The van der Waals surface area contributed by atoms with Gasteiger partial charge in [0.2, 0.25) is 0 Å². The highest BCUT2D eigenvalue weighted by Crippen LogP contribution is 2.29. The lowest BCUT2D eigenvalue weighted by Gasteiger charge is -1.84. The maximum Gasteiger partial charge on any atom is 0.268 e. The van der Waals surface area contributed by atoms with Crippen LogP contribution >= 0.6 is 27.3 Å². The van der Waals surface area contributed by atoms with Gasteiger partial charge in [0.05, 0.1) is 15.1 Å². The summed E-state index contributed by atoms with van der Waals surface area (Å²) in [7, 11) is 0. The molecule has 0 bridgehead atoms. The molecule has 2 rings (SSSR count). The van der Waals surface area contributed by atoms with Crippen LogP contribution in [-0.2, 0) is 11.2 Å². The summed E-state index contributed by atoms with van der Waals surface area (Å²) in [6.45, 7) is 1.50. The zero-order valence-electron chi connectivity index (χ0n) is 7.86. The molecule has 0 unspecified atom stereocenters. The third kappa shape index (κ3) is 2.51. The average molecular weight is 287 g/mol. The highest BCUT2D eigenvalue weighted by molar-refractivity contribution is 9.11. The van der Waals surface area contributed by atoms with Gasteiger partial charge in [0.25, 0.3) is 5.89 Å². The van der Waals surface area contributed by atoms with Crippen molar-refractivity contribution in [2.45, 2.75) is 13.3 Å². The predicted molar refractivity (Wildman–Crippen MR) is 59.7 cm³/mol. The van der Waals surface area contributed by atoms with E-state index in [9.17, 15) is 4.79 Å². The number of aromatic nitrogens is 2. The lowest BCUT2D eigenvalue weighted by Crippen LogP contribution is -1.97. The number of halogens is 1. The molecule has 0 aliphatic heterocycles. The first-order chi connectivity index (χ1) is 7.15. The first-order valence-electron chi connectivity index (χ1n) is 4.23. The molecule has 0 saturated carbocycles. The quantitative estimate of drug-likeness (QED) is 0.871. The number of ketones is 1. The smallest absolute Gasteiger partial charge is 0.268 e.